The summed E-state index contributed by atoms with van der Waals surface area (Å²) in [6.45, 7) is 3.55. The second-order valence-corrected chi connectivity index (χ2v) is 8.34. The summed E-state index contributed by atoms with van der Waals surface area (Å²) in [5.74, 6) is 2.02. The Morgan fingerprint density at radius 2 is 1.27 bits per heavy atom. The SMILES string of the molecule is COc1cc(OC)nc(Oc2cccc(Cl)c2-c2o[c-]nc2C)n1.Cc1n[c-]oc1-c1c(O)cccc1Cl.[Pr].[Pr]. The van der Waals surface area contributed by atoms with Crippen LogP contribution in [0.2, 0.25) is 10.0 Å². The van der Waals surface area contributed by atoms with Crippen LogP contribution >= 0.6 is 23.2 Å². The van der Waals surface area contributed by atoms with Crippen molar-refractivity contribution in [1.29, 1.82) is 0 Å². The number of aromatic nitrogens is 4. The third-order valence-corrected chi connectivity index (χ3v) is 5.71. The predicted octanol–water partition coefficient (Wildman–Crippen LogP) is 6.51. The van der Waals surface area contributed by atoms with Crippen LogP contribution < -0.4 is 14.2 Å². The van der Waals surface area contributed by atoms with Crippen molar-refractivity contribution in [2.45, 2.75) is 13.8 Å². The van der Waals surface area contributed by atoms with Gasteiger partial charge < -0.3 is 38.1 Å². The van der Waals surface area contributed by atoms with Gasteiger partial charge in [0.15, 0.2) is 0 Å². The minimum Gasteiger partial charge on any atom is -0.573 e. The summed E-state index contributed by atoms with van der Waals surface area (Å²) < 4.78 is 26.3. The van der Waals surface area contributed by atoms with Gasteiger partial charge in [0.05, 0.1) is 20.3 Å². The van der Waals surface area contributed by atoms with Crippen molar-refractivity contribution in [3.05, 3.63) is 76.7 Å². The van der Waals surface area contributed by atoms with Gasteiger partial charge in [0.2, 0.25) is 11.8 Å². The fourth-order valence-corrected chi connectivity index (χ4v) is 3.78. The number of hydrogen-bond donors (Lipinski definition) is 1. The van der Waals surface area contributed by atoms with Crippen molar-refractivity contribution >= 4 is 23.2 Å². The van der Waals surface area contributed by atoms with E-state index in [0.29, 0.717) is 61.6 Å². The van der Waals surface area contributed by atoms with Crippen LogP contribution in [0.4, 0.5) is 0 Å². The van der Waals surface area contributed by atoms with Crippen LogP contribution in [-0.2, 0) is 0 Å². The maximum atomic E-state index is 9.60. The summed E-state index contributed by atoms with van der Waals surface area (Å²) in [6, 6.07) is 11.7. The number of phenols is 1. The zero-order valence-electron chi connectivity index (χ0n) is 21.7. The number of aryl methyl sites for hydroxylation is 2. The van der Waals surface area contributed by atoms with Crippen LogP contribution in [0.3, 0.4) is 0 Å². The molecule has 0 aliphatic rings. The Balaban J connectivity index is 0.000000301. The molecule has 3 heterocycles. The fraction of sp³-hybridized carbons (Fsp3) is 0.154. The average Bonchev–Trinajstić information content (AvgIpc) is 3.52. The van der Waals surface area contributed by atoms with E-state index >= 15 is 0 Å². The number of halogens is 2. The average molecular weight is 837 g/mol. The van der Waals surface area contributed by atoms with Gasteiger partial charge in [0.1, 0.15) is 24.3 Å². The van der Waals surface area contributed by atoms with Gasteiger partial charge in [0, 0.05) is 115 Å². The van der Waals surface area contributed by atoms with Crippen LogP contribution in [0.15, 0.2) is 51.3 Å². The van der Waals surface area contributed by atoms with Gasteiger partial charge in [-0.15, -0.1) is 0 Å². The fourth-order valence-electron chi connectivity index (χ4n) is 3.27. The summed E-state index contributed by atoms with van der Waals surface area (Å²) in [4.78, 5) is 16.0. The zero-order chi connectivity index (χ0) is 27.2. The molecule has 10 nitrogen and oxygen atoms in total. The molecule has 0 bridgehead atoms. The van der Waals surface area contributed by atoms with E-state index in [2.05, 4.69) is 32.7 Å². The van der Waals surface area contributed by atoms with Crippen molar-refractivity contribution in [2.24, 2.45) is 0 Å². The molecule has 0 atom stereocenters. The van der Waals surface area contributed by atoms with Crippen LogP contribution in [0.5, 0.6) is 29.3 Å². The van der Waals surface area contributed by atoms with Gasteiger partial charge in [-0.05, 0) is 24.3 Å². The molecule has 5 rings (SSSR count). The first-order chi connectivity index (χ1) is 18.3. The van der Waals surface area contributed by atoms with Gasteiger partial charge >= 0.3 is 6.01 Å². The molecule has 0 fully saturated rings. The van der Waals surface area contributed by atoms with E-state index in [-0.39, 0.29) is 94.3 Å². The van der Waals surface area contributed by atoms with E-state index < -0.39 is 0 Å². The molecule has 0 spiro atoms. The molecular formula is C26H20Cl2N4O6Pr2-2. The summed E-state index contributed by atoms with van der Waals surface area (Å²) in [6.07, 6.45) is 4.80. The van der Waals surface area contributed by atoms with E-state index in [4.69, 9.17) is 46.2 Å². The monoisotopic (exact) mass is 836 g/mol. The van der Waals surface area contributed by atoms with Crippen molar-refractivity contribution in [3.8, 4) is 51.9 Å². The number of phenolic OH excluding ortho intramolecular Hbond substituents is 1. The van der Waals surface area contributed by atoms with Gasteiger partial charge in [-0.3, -0.25) is 0 Å². The molecule has 3 aromatic heterocycles. The number of ether oxygens (including phenoxy) is 3. The summed E-state index contributed by atoms with van der Waals surface area (Å²) in [7, 11) is 2.98. The Bertz CT molecular complexity index is 1520. The molecule has 5 aromatic rings. The van der Waals surface area contributed by atoms with Crippen molar-refractivity contribution < 1.29 is 111 Å². The third-order valence-electron chi connectivity index (χ3n) is 5.08. The summed E-state index contributed by atoms with van der Waals surface area (Å²) in [5.41, 5.74) is 2.28. The van der Waals surface area contributed by atoms with Crippen LogP contribution in [0, 0.1) is 109 Å². The van der Waals surface area contributed by atoms with Gasteiger partial charge in [-0.2, -0.15) is 9.97 Å². The predicted molar refractivity (Wildman–Crippen MR) is 138 cm³/mol. The standard InChI is InChI=1S/C16H13ClN3O4.C10H7ClNO2.2Pr/c1-9-15(23-8-18-9)14-10(17)5-4-6-11(14)24-16-19-12(21-2)7-13(20-16)22-3;1-6-10(14-5-12-6)9-7(11)3-2-4-8(9)13;;/h4-7H,1-3H3;2-4,13H,1H3;;/q2*-1;;. The number of aromatic hydroxyl groups is 1. The largest absolute Gasteiger partial charge is 0.573 e. The maximum absolute atomic E-state index is 9.60. The van der Waals surface area contributed by atoms with E-state index in [1.54, 1.807) is 56.3 Å². The second kappa shape index (κ2) is 16.2. The third kappa shape index (κ3) is 8.26. The van der Waals surface area contributed by atoms with Crippen LogP contribution in [0.25, 0.3) is 22.6 Å². The first kappa shape index (κ1) is 34.6. The van der Waals surface area contributed by atoms with E-state index in [1.165, 1.54) is 14.2 Å². The van der Waals surface area contributed by atoms with Crippen molar-refractivity contribution in [2.75, 3.05) is 14.2 Å². The maximum Gasteiger partial charge on any atom is 0.328 e. The normalized spacial score (nSPS) is 9.95. The molecule has 0 saturated heterocycles. The molecule has 2 aromatic carbocycles. The smallest absolute Gasteiger partial charge is 0.328 e. The molecule has 0 aliphatic carbocycles. The molecule has 0 unspecified atom stereocenters. The summed E-state index contributed by atoms with van der Waals surface area (Å²) >= 11 is 12.2. The van der Waals surface area contributed by atoms with Crippen molar-refractivity contribution in [1.82, 2.24) is 19.9 Å². The van der Waals surface area contributed by atoms with E-state index in [0.717, 1.165) is 0 Å². The number of benzene rings is 2. The molecule has 0 amide bonds. The Hall–Kier alpha value is -1.55. The molecule has 2 radical (unpaired) electrons. The number of oxazole rings is 2. The van der Waals surface area contributed by atoms with Gasteiger partial charge in [-0.1, -0.05) is 60.6 Å². The molecule has 14 heteroatoms. The second-order valence-electron chi connectivity index (χ2n) is 7.52. The first-order valence-corrected chi connectivity index (χ1v) is 11.7. The molecule has 0 aliphatic heterocycles. The summed E-state index contributed by atoms with van der Waals surface area (Å²) in [5, 5.41) is 10.5. The number of methoxy groups -OCH3 is 2. The number of nitrogens with zero attached hydrogens (tertiary/aromatic N) is 4. The van der Waals surface area contributed by atoms with Gasteiger partial charge in [0.25, 0.3) is 0 Å². The van der Waals surface area contributed by atoms with E-state index in [9.17, 15) is 5.11 Å². The molecule has 40 heavy (non-hydrogen) atoms. The van der Waals surface area contributed by atoms with Crippen LogP contribution in [-0.4, -0.2) is 39.3 Å². The Labute approximate surface area is 306 Å². The number of hydrogen-bond acceptors (Lipinski definition) is 10. The van der Waals surface area contributed by atoms with Crippen LogP contribution in [0.1, 0.15) is 11.4 Å². The molecule has 202 valence electrons. The van der Waals surface area contributed by atoms with Crippen molar-refractivity contribution in [3.63, 3.8) is 0 Å². The zero-order valence-corrected chi connectivity index (χ0v) is 30.7. The number of rotatable bonds is 6. The molecule has 1 N–H and O–H groups in total. The molecular weight excluding hydrogens is 817 g/mol. The molecule has 0 saturated carbocycles. The first-order valence-electron chi connectivity index (χ1n) is 10.9. The quantitative estimate of drug-likeness (QED) is 0.189. The topological polar surface area (TPSA) is 126 Å². The van der Waals surface area contributed by atoms with E-state index in [1.807, 2.05) is 0 Å². The van der Waals surface area contributed by atoms with Gasteiger partial charge in [-0.25, -0.2) is 0 Å². The Kier molecular flexibility index (Phi) is 14.0. The Morgan fingerprint density at radius 1 is 0.775 bits per heavy atom. The minimum absolute atomic E-state index is 0. The minimum atomic E-state index is 0. The Morgan fingerprint density at radius 3 is 1.75 bits per heavy atom.